The average Bonchev–Trinajstić information content (AvgIpc) is 3.43. The molecule has 1 saturated carbocycles. The summed E-state index contributed by atoms with van der Waals surface area (Å²) in [5.41, 5.74) is 2.28. The van der Waals surface area contributed by atoms with Crippen molar-refractivity contribution in [1.82, 2.24) is 49.8 Å². The third kappa shape index (κ3) is 5.23. The third-order valence-electron chi connectivity index (χ3n) is 8.47. The summed E-state index contributed by atoms with van der Waals surface area (Å²) in [6.07, 6.45) is 8.99. The first-order valence-corrected chi connectivity index (χ1v) is 14.6. The van der Waals surface area contributed by atoms with Crippen LogP contribution < -0.4 is 15.5 Å². The number of H-pyrrole nitrogens is 1. The number of hydrogen-bond acceptors (Lipinski definition) is 10. The van der Waals surface area contributed by atoms with Gasteiger partial charge in [-0.25, -0.2) is 19.0 Å². The Bertz CT molecular complexity index is 1800. The highest BCUT2D eigenvalue weighted by Crippen LogP contribution is 2.40. The lowest BCUT2D eigenvalue weighted by atomic mass is 9.89. The number of methoxy groups -OCH3 is 1. The number of nitrogens with zero attached hydrogens (tertiary/aromatic N) is 9. The number of halogens is 1. The molecule has 2 fully saturated rings. The van der Waals surface area contributed by atoms with Crippen LogP contribution in [-0.2, 0) is 16.6 Å². The van der Waals surface area contributed by atoms with E-state index in [0.29, 0.717) is 66.4 Å². The highest BCUT2D eigenvalue weighted by atomic mass is 19.1. The van der Waals surface area contributed by atoms with Gasteiger partial charge in [0.05, 0.1) is 24.8 Å². The Labute approximate surface area is 252 Å². The van der Waals surface area contributed by atoms with Crippen LogP contribution >= 0.6 is 0 Å². The Kier molecular flexibility index (Phi) is 6.95. The van der Waals surface area contributed by atoms with Crippen molar-refractivity contribution in [3.8, 4) is 5.82 Å². The molecule has 15 heteroatoms. The number of imidazole rings is 1. The van der Waals surface area contributed by atoms with Gasteiger partial charge in [0.15, 0.2) is 34.4 Å². The van der Waals surface area contributed by atoms with Gasteiger partial charge in [0, 0.05) is 64.0 Å². The van der Waals surface area contributed by atoms with Gasteiger partial charge in [-0.05, 0) is 31.4 Å². The third-order valence-corrected chi connectivity index (χ3v) is 8.47. The predicted molar refractivity (Wildman–Crippen MR) is 159 cm³/mol. The minimum Gasteiger partial charge on any atom is -0.368 e. The lowest BCUT2D eigenvalue weighted by Crippen LogP contribution is -2.55. The van der Waals surface area contributed by atoms with E-state index in [-0.39, 0.29) is 11.9 Å². The number of nitrogens with one attached hydrogen (secondary N) is 3. The van der Waals surface area contributed by atoms with Crippen molar-refractivity contribution in [1.29, 1.82) is 0 Å². The molecule has 1 atom stereocenters. The summed E-state index contributed by atoms with van der Waals surface area (Å²) >= 11 is 0. The van der Waals surface area contributed by atoms with Gasteiger partial charge >= 0.3 is 0 Å². The second kappa shape index (κ2) is 11.0. The Balaban J connectivity index is 1.04. The number of rotatable bonds is 9. The van der Waals surface area contributed by atoms with Gasteiger partial charge in [0.25, 0.3) is 5.91 Å². The lowest BCUT2D eigenvalue weighted by molar-refractivity contribution is -0.146. The number of aromatic amines is 1. The standard InChI is InChI=1S/C29H33FN12O2/c1-17(19-6-7-23(31-13-19)42-15-20(30)14-33-42)34-27(43)29(44-3)8-10-41(11-9-29)28-36-25(24-26(37-28)40(2)16-32-24)35-22-12-21(38-39-22)18-4-5-18/h6-7,12-18H,4-5,8-11H2,1-3H3,(H,34,43)(H2,35,36,37,38,39)/t17-/m0/s1. The summed E-state index contributed by atoms with van der Waals surface area (Å²) in [6.45, 7) is 2.92. The zero-order valence-corrected chi connectivity index (χ0v) is 24.7. The number of hydrogen-bond donors (Lipinski definition) is 3. The SMILES string of the molecule is COC1(C(=O)N[C@@H](C)c2ccc(-n3cc(F)cn3)nc2)CCN(c2nc(Nc3cc(C4CC4)[nH]n3)c3ncn(C)c3n2)CC1. The first-order valence-electron chi connectivity index (χ1n) is 14.6. The number of amides is 1. The van der Waals surface area contributed by atoms with Gasteiger partial charge in [0.2, 0.25) is 5.95 Å². The van der Waals surface area contributed by atoms with Crippen molar-refractivity contribution >= 4 is 34.7 Å². The number of aromatic nitrogens is 9. The van der Waals surface area contributed by atoms with Crippen molar-refractivity contribution < 1.29 is 13.9 Å². The van der Waals surface area contributed by atoms with E-state index in [1.807, 2.05) is 30.7 Å². The minimum atomic E-state index is -1.00. The highest BCUT2D eigenvalue weighted by Gasteiger charge is 2.43. The van der Waals surface area contributed by atoms with Crippen molar-refractivity contribution in [3.05, 3.63) is 60.2 Å². The van der Waals surface area contributed by atoms with E-state index in [4.69, 9.17) is 14.7 Å². The summed E-state index contributed by atoms with van der Waals surface area (Å²) in [7, 11) is 3.47. The van der Waals surface area contributed by atoms with Crippen LogP contribution in [0.5, 0.6) is 0 Å². The number of anilines is 3. The van der Waals surface area contributed by atoms with Crippen LogP contribution in [-0.4, -0.2) is 76.2 Å². The zero-order valence-electron chi connectivity index (χ0n) is 24.7. The van der Waals surface area contributed by atoms with E-state index in [9.17, 15) is 9.18 Å². The minimum absolute atomic E-state index is 0.194. The summed E-state index contributed by atoms with van der Waals surface area (Å²) in [4.78, 5) is 34.2. The molecular formula is C29H33FN12O2. The summed E-state index contributed by atoms with van der Waals surface area (Å²) < 4.78 is 22.4. The van der Waals surface area contributed by atoms with E-state index in [1.165, 1.54) is 23.7 Å². The molecule has 0 bridgehead atoms. The monoisotopic (exact) mass is 600 g/mol. The van der Waals surface area contributed by atoms with Gasteiger partial charge in [0.1, 0.15) is 5.60 Å². The molecule has 6 heterocycles. The topological polar surface area (TPSA) is 157 Å². The molecule has 5 aromatic rings. The van der Waals surface area contributed by atoms with E-state index >= 15 is 0 Å². The number of carbonyl (C=O) groups is 1. The maximum atomic E-state index is 13.6. The van der Waals surface area contributed by atoms with Crippen LogP contribution in [0.25, 0.3) is 17.0 Å². The molecule has 0 aromatic carbocycles. The van der Waals surface area contributed by atoms with Gasteiger partial charge in [-0.15, -0.1) is 0 Å². The molecule has 3 N–H and O–H groups in total. The number of pyridine rings is 1. The molecule has 0 unspecified atom stereocenters. The molecule has 1 amide bonds. The number of fused-ring (bicyclic) bond motifs is 1. The van der Waals surface area contributed by atoms with Crippen molar-refractivity contribution in [3.63, 3.8) is 0 Å². The normalized spacial score (nSPS) is 17.1. The number of carbonyl (C=O) groups excluding carboxylic acids is 1. The molecule has 0 spiro atoms. The van der Waals surface area contributed by atoms with E-state index in [0.717, 1.165) is 17.5 Å². The van der Waals surface area contributed by atoms with Crippen molar-refractivity contribution in [2.75, 3.05) is 30.4 Å². The Morgan fingerprint density at radius 2 is 2.00 bits per heavy atom. The molecule has 228 valence electrons. The van der Waals surface area contributed by atoms with Gasteiger partial charge in [-0.2, -0.15) is 20.2 Å². The van der Waals surface area contributed by atoms with E-state index in [1.54, 1.807) is 25.7 Å². The molecule has 44 heavy (non-hydrogen) atoms. The molecule has 1 aliphatic heterocycles. The first kappa shape index (κ1) is 27.9. The van der Waals surface area contributed by atoms with Crippen molar-refractivity contribution in [2.24, 2.45) is 7.05 Å². The summed E-state index contributed by atoms with van der Waals surface area (Å²) in [6, 6.07) is 5.26. The first-order chi connectivity index (χ1) is 21.3. The Morgan fingerprint density at radius 3 is 2.68 bits per heavy atom. The summed E-state index contributed by atoms with van der Waals surface area (Å²) in [5, 5.41) is 17.9. The molecule has 0 radical (unpaired) electrons. The maximum Gasteiger partial charge on any atom is 0.252 e. The molecule has 5 aromatic heterocycles. The van der Waals surface area contributed by atoms with Crippen LogP contribution in [0.2, 0.25) is 0 Å². The van der Waals surface area contributed by atoms with E-state index < -0.39 is 11.4 Å². The number of aryl methyl sites for hydroxylation is 1. The van der Waals surface area contributed by atoms with E-state index in [2.05, 4.69) is 40.8 Å². The molecular weight excluding hydrogens is 567 g/mol. The molecule has 1 aliphatic carbocycles. The second-order valence-corrected chi connectivity index (χ2v) is 11.4. The fraction of sp³-hybridized carbons (Fsp3) is 0.414. The fourth-order valence-electron chi connectivity index (χ4n) is 5.57. The molecule has 14 nitrogen and oxygen atoms in total. The predicted octanol–water partition coefficient (Wildman–Crippen LogP) is 3.29. The lowest BCUT2D eigenvalue weighted by Gasteiger charge is -2.40. The average molecular weight is 601 g/mol. The highest BCUT2D eigenvalue weighted by molar-refractivity contribution is 5.87. The smallest absolute Gasteiger partial charge is 0.252 e. The van der Waals surface area contributed by atoms with Gasteiger partial charge in [-0.3, -0.25) is 9.89 Å². The van der Waals surface area contributed by atoms with Crippen LogP contribution in [0.15, 0.2) is 43.1 Å². The maximum absolute atomic E-state index is 13.6. The largest absolute Gasteiger partial charge is 0.368 e. The number of piperidine rings is 1. The fourth-order valence-corrected chi connectivity index (χ4v) is 5.57. The second-order valence-electron chi connectivity index (χ2n) is 11.4. The molecule has 1 saturated heterocycles. The van der Waals surface area contributed by atoms with Gasteiger partial charge in [-0.1, -0.05) is 6.07 Å². The Morgan fingerprint density at radius 1 is 1.18 bits per heavy atom. The quantitative estimate of drug-likeness (QED) is 0.229. The zero-order chi connectivity index (χ0) is 30.4. The Hall–Kier alpha value is -4.92. The van der Waals surface area contributed by atoms with Crippen molar-refractivity contribution in [2.45, 2.75) is 50.2 Å². The van der Waals surface area contributed by atoms with Crippen LogP contribution in [0.4, 0.5) is 22.0 Å². The molecule has 7 rings (SSSR count). The van der Waals surface area contributed by atoms with Crippen LogP contribution in [0.1, 0.15) is 55.8 Å². The molecule has 2 aliphatic rings. The van der Waals surface area contributed by atoms with Gasteiger partial charge < -0.3 is 24.8 Å². The van der Waals surface area contributed by atoms with Crippen LogP contribution in [0, 0.1) is 5.82 Å². The number of ether oxygens (including phenoxy) is 1. The van der Waals surface area contributed by atoms with Crippen LogP contribution in [0.3, 0.4) is 0 Å². The summed E-state index contributed by atoms with van der Waals surface area (Å²) in [5.74, 6) is 2.21.